The number of hydrogen-bond donors (Lipinski definition) is 1. The van der Waals surface area contributed by atoms with Crippen LogP contribution in [0.5, 0.6) is 0 Å². The third-order valence-electron chi connectivity index (χ3n) is 6.86. The van der Waals surface area contributed by atoms with Gasteiger partial charge < -0.3 is 10.2 Å². The zero-order valence-corrected chi connectivity index (χ0v) is 14.5. The predicted octanol–water partition coefficient (Wildman–Crippen LogP) is 3.37. The van der Waals surface area contributed by atoms with E-state index in [1.54, 1.807) is 0 Å². The summed E-state index contributed by atoms with van der Waals surface area (Å²) in [6.07, 6.45) is 13.1. The van der Waals surface area contributed by atoms with E-state index in [1.807, 2.05) is 0 Å². The van der Waals surface area contributed by atoms with Crippen LogP contribution in [0.15, 0.2) is 0 Å². The van der Waals surface area contributed by atoms with E-state index in [2.05, 4.69) is 10.2 Å². The van der Waals surface area contributed by atoms with Gasteiger partial charge in [-0.3, -0.25) is 4.79 Å². The lowest BCUT2D eigenvalue weighted by Gasteiger charge is -2.35. The molecule has 0 aromatic carbocycles. The van der Waals surface area contributed by atoms with Gasteiger partial charge in [0.1, 0.15) is 0 Å². The molecule has 4 heteroatoms. The first-order valence-electron chi connectivity index (χ1n) is 9.31. The molecule has 2 atom stereocenters. The smallest absolute Gasteiger partial charge is 0.226 e. The summed E-state index contributed by atoms with van der Waals surface area (Å²) < 4.78 is 0. The minimum atomic E-state index is 0. The van der Waals surface area contributed by atoms with Gasteiger partial charge in [0.15, 0.2) is 0 Å². The summed E-state index contributed by atoms with van der Waals surface area (Å²) in [6.45, 7) is 3.29. The number of piperidine rings is 1. The van der Waals surface area contributed by atoms with E-state index in [4.69, 9.17) is 0 Å². The van der Waals surface area contributed by atoms with Crippen molar-refractivity contribution in [1.29, 1.82) is 0 Å². The van der Waals surface area contributed by atoms with Crippen molar-refractivity contribution in [3.05, 3.63) is 0 Å². The Morgan fingerprint density at radius 2 is 1.73 bits per heavy atom. The van der Waals surface area contributed by atoms with Crippen LogP contribution >= 0.6 is 12.4 Å². The Hall–Kier alpha value is -0.280. The Labute approximate surface area is 141 Å². The average Bonchev–Trinajstić information content (AvgIpc) is 3.01. The highest BCUT2D eigenvalue weighted by Gasteiger charge is 2.59. The van der Waals surface area contributed by atoms with E-state index in [0.29, 0.717) is 23.3 Å². The van der Waals surface area contributed by atoms with Crippen LogP contribution in [0.1, 0.15) is 64.2 Å². The van der Waals surface area contributed by atoms with Gasteiger partial charge in [-0.15, -0.1) is 12.4 Å². The lowest BCUT2D eigenvalue weighted by molar-refractivity contribution is -0.135. The van der Waals surface area contributed by atoms with Crippen LogP contribution in [0.2, 0.25) is 0 Å². The molecule has 2 saturated heterocycles. The van der Waals surface area contributed by atoms with Gasteiger partial charge in [-0.2, -0.15) is 0 Å². The second kappa shape index (κ2) is 6.68. The van der Waals surface area contributed by atoms with Crippen molar-refractivity contribution in [3.63, 3.8) is 0 Å². The number of halogens is 1. The second-order valence-electron chi connectivity index (χ2n) is 8.01. The minimum Gasteiger partial charge on any atom is -0.339 e. The molecule has 0 radical (unpaired) electrons. The van der Waals surface area contributed by atoms with Gasteiger partial charge >= 0.3 is 0 Å². The Morgan fingerprint density at radius 3 is 2.45 bits per heavy atom. The first-order chi connectivity index (χ1) is 10.3. The fourth-order valence-corrected chi connectivity index (χ4v) is 5.45. The molecule has 126 valence electrons. The molecule has 2 heterocycles. The maximum Gasteiger partial charge on any atom is 0.226 e. The van der Waals surface area contributed by atoms with E-state index in [1.165, 1.54) is 64.2 Å². The Bertz CT molecular complexity index is 402. The molecular weight excluding hydrogens is 296 g/mol. The van der Waals surface area contributed by atoms with Crippen molar-refractivity contribution in [2.75, 3.05) is 19.6 Å². The number of nitrogens with zero attached hydrogens (tertiary/aromatic N) is 1. The Morgan fingerprint density at radius 1 is 1.00 bits per heavy atom. The van der Waals surface area contributed by atoms with Crippen LogP contribution in [0.4, 0.5) is 0 Å². The zero-order valence-electron chi connectivity index (χ0n) is 13.7. The highest BCUT2D eigenvalue weighted by atomic mass is 35.5. The van der Waals surface area contributed by atoms with Crippen molar-refractivity contribution < 1.29 is 4.79 Å². The Balaban J connectivity index is 0.00000144. The number of carbonyl (C=O) groups is 1. The molecule has 1 amide bonds. The highest BCUT2D eigenvalue weighted by molar-refractivity contribution is 5.85. The van der Waals surface area contributed by atoms with Crippen molar-refractivity contribution in [2.45, 2.75) is 70.3 Å². The van der Waals surface area contributed by atoms with Crippen LogP contribution in [0, 0.1) is 17.3 Å². The van der Waals surface area contributed by atoms with Crippen LogP contribution < -0.4 is 5.32 Å². The number of carbonyl (C=O) groups excluding carboxylic acids is 1. The van der Waals surface area contributed by atoms with Crippen molar-refractivity contribution in [2.24, 2.45) is 17.3 Å². The standard InChI is InChI=1S/C18H30N2O.ClH/c21-17(15-13-18(15)8-10-19-11-9-18)20-12-4-7-16(20)14-5-2-1-3-6-14;/h14-16,19H,1-13H2;1H. The molecule has 0 aromatic rings. The largest absolute Gasteiger partial charge is 0.339 e. The van der Waals surface area contributed by atoms with Crippen LogP contribution in [-0.4, -0.2) is 36.5 Å². The van der Waals surface area contributed by atoms with Gasteiger partial charge in [-0.1, -0.05) is 19.3 Å². The normalized spacial score (nSPS) is 34.5. The molecule has 4 rings (SSSR count). The summed E-state index contributed by atoms with van der Waals surface area (Å²) in [5, 5.41) is 3.44. The van der Waals surface area contributed by atoms with Crippen LogP contribution in [0.3, 0.4) is 0 Å². The maximum absolute atomic E-state index is 13.0. The highest BCUT2D eigenvalue weighted by Crippen LogP contribution is 2.59. The summed E-state index contributed by atoms with van der Waals surface area (Å²) >= 11 is 0. The molecule has 2 saturated carbocycles. The number of amides is 1. The number of hydrogen-bond acceptors (Lipinski definition) is 2. The monoisotopic (exact) mass is 326 g/mol. The van der Waals surface area contributed by atoms with Gasteiger partial charge in [0, 0.05) is 18.5 Å². The van der Waals surface area contributed by atoms with Crippen molar-refractivity contribution >= 4 is 18.3 Å². The molecule has 2 aliphatic carbocycles. The molecule has 22 heavy (non-hydrogen) atoms. The fraction of sp³-hybridized carbons (Fsp3) is 0.944. The fourth-order valence-electron chi connectivity index (χ4n) is 5.45. The molecule has 4 fully saturated rings. The number of nitrogens with one attached hydrogen (secondary N) is 1. The summed E-state index contributed by atoms with van der Waals surface area (Å²) in [5.41, 5.74) is 0.405. The third-order valence-corrected chi connectivity index (χ3v) is 6.86. The molecular formula is C18H31ClN2O. The van der Waals surface area contributed by atoms with Gasteiger partial charge in [0.25, 0.3) is 0 Å². The first kappa shape index (κ1) is 16.6. The summed E-state index contributed by atoms with van der Waals surface area (Å²) in [6, 6.07) is 0.595. The molecule has 0 bridgehead atoms. The quantitative estimate of drug-likeness (QED) is 0.843. The van der Waals surface area contributed by atoms with Gasteiger partial charge in [0.05, 0.1) is 0 Å². The van der Waals surface area contributed by atoms with Gasteiger partial charge in [-0.05, 0) is 69.4 Å². The van der Waals surface area contributed by atoms with Crippen LogP contribution in [-0.2, 0) is 4.79 Å². The molecule has 0 aromatic heterocycles. The van der Waals surface area contributed by atoms with Crippen molar-refractivity contribution in [1.82, 2.24) is 10.2 Å². The van der Waals surface area contributed by atoms with Crippen LogP contribution in [0.25, 0.3) is 0 Å². The van der Waals surface area contributed by atoms with Crippen molar-refractivity contribution in [3.8, 4) is 0 Å². The summed E-state index contributed by atoms with van der Waals surface area (Å²) in [7, 11) is 0. The van der Waals surface area contributed by atoms with Gasteiger partial charge in [-0.25, -0.2) is 0 Å². The third kappa shape index (κ3) is 2.91. The van der Waals surface area contributed by atoms with E-state index in [-0.39, 0.29) is 12.4 Å². The molecule has 2 aliphatic heterocycles. The SMILES string of the molecule is Cl.O=C(C1CC12CCNCC2)N1CCCC1C1CCCCC1. The minimum absolute atomic E-state index is 0. The molecule has 4 aliphatic rings. The topological polar surface area (TPSA) is 32.3 Å². The second-order valence-corrected chi connectivity index (χ2v) is 8.01. The molecule has 2 unspecified atom stereocenters. The van der Waals surface area contributed by atoms with E-state index in [0.717, 1.165) is 25.6 Å². The first-order valence-corrected chi connectivity index (χ1v) is 9.31. The van der Waals surface area contributed by atoms with E-state index in [9.17, 15) is 4.79 Å². The summed E-state index contributed by atoms with van der Waals surface area (Å²) in [4.78, 5) is 15.4. The Kier molecular flexibility index (Phi) is 5.04. The maximum atomic E-state index is 13.0. The number of rotatable bonds is 2. The zero-order chi connectivity index (χ0) is 14.3. The summed E-state index contributed by atoms with van der Waals surface area (Å²) in [5.74, 6) is 1.72. The predicted molar refractivity (Wildman–Crippen MR) is 91.2 cm³/mol. The van der Waals surface area contributed by atoms with E-state index < -0.39 is 0 Å². The number of likely N-dealkylation sites (tertiary alicyclic amines) is 1. The molecule has 1 N–H and O–H groups in total. The van der Waals surface area contributed by atoms with Gasteiger partial charge in [0.2, 0.25) is 5.91 Å². The molecule has 3 nitrogen and oxygen atoms in total. The average molecular weight is 327 g/mol. The lowest BCUT2D eigenvalue weighted by atomic mass is 9.82. The van der Waals surface area contributed by atoms with E-state index >= 15 is 0 Å². The molecule has 1 spiro atoms. The lowest BCUT2D eigenvalue weighted by Crippen LogP contribution is -2.43.